The molecule has 1 N–H and O–H groups in total. The molecule has 1 aromatic carbocycles. The Labute approximate surface area is 165 Å². The second-order valence-electron chi connectivity index (χ2n) is 7.54. The highest BCUT2D eigenvalue weighted by molar-refractivity contribution is 6.30. The molecule has 0 unspecified atom stereocenters. The Morgan fingerprint density at radius 1 is 1.26 bits per heavy atom. The first kappa shape index (κ1) is 19.8. The molecule has 0 spiro atoms. The van der Waals surface area contributed by atoms with E-state index in [0.717, 1.165) is 5.69 Å². The molecule has 6 heteroatoms. The van der Waals surface area contributed by atoms with Crippen LogP contribution in [0.4, 0.5) is 5.69 Å². The molecule has 1 saturated carbocycles. The topological polar surface area (TPSA) is 68.1 Å². The summed E-state index contributed by atoms with van der Waals surface area (Å²) in [6.07, 6.45) is 6.61. The third-order valence-corrected chi connectivity index (χ3v) is 5.96. The second-order valence-corrected chi connectivity index (χ2v) is 7.98. The summed E-state index contributed by atoms with van der Waals surface area (Å²) < 4.78 is 0. The molecule has 0 amide bonds. The molecular weight excluding hydrogens is 362 g/mol. The lowest BCUT2D eigenvalue weighted by Gasteiger charge is -2.33. The van der Waals surface area contributed by atoms with Crippen LogP contribution in [0, 0.1) is 23.0 Å². The summed E-state index contributed by atoms with van der Waals surface area (Å²) in [4.78, 5) is 15.2. The van der Waals surface area contributed by atoms with Gasteiger partial charge in [0.1, 0.15) is 0 Å². The molecule has 1 atom stereocenters. The van der Waals surface area contributed by atoms with Gasteiger partial charge in [0.05, 0.1) is 4.92 Å². The number of nitro benzene ring substituents is 1. The number of benzene rings is 1. The van der Waals surface area contributed by atoms with E-state index < -0.39 is 0 Å². The number of nitrogens with one attached hydrogen (secondary N) is 1. The van der Waals surface area contributed by atoms with Gasteiger partial charge >= 0.3 is 0 Å². The zero-order valence-electron chi connectivity index (χ0n) is 15.8. The third-order valence-electron chi connectivity index (χ3n) is 5.73. The van der Waals surface area contributed by atoms with Crippen LogP contribution in [0.2, 0.25) is 5.02 Å². The highest BCUT2D eigenvalue weighted by atomic mass is 35.5. The minimum absolute atomic E-state index is 0.0824. The Hall–Kier alpha value is -1.98. The predicted molar refractivity (Wildman–Crippen MR) is 108 cm³/mol. The van der Waals surface area contributed by atoms with Gasteiger partial charge in [-0.25, -0.2) is 0 Å². The maximum absolute atomic E-state index is 11.2. The van der Waals surface area contributed by atoms with Crippen molar-refractivity contribution in [3.05, 3.63) is 68.5 Å². The minimum atomic E-state index is -0.366. The molecule has 1 aliphatic carbocycles. The Kier molecular flexibility index (Phi) is 6.45. The SMILES string of the molecule is Cc1cc(C2CCC([C@@H](C)NCc3ccc(Cl)cc3[N+](=O)[O-])CC2)ccn1. The summed E-state index contributed by atoms with van der Waals surface area (Å²) in [6, 6.07) is 9.53. The van der Waals surface area contributed by atoms with Crippen molar-refractivity contribution in [1.29, 1.82) is 0 Å². The Bertz CT molecular complexity index is 804. The van der Waals surface area contributed by atoms with Crippen LogP contribution in [-0.4, -0.2) is 15.9 Å². The number of nitro groups is 1. The summed E-state index contributed by atoms with van der Waals surface area (Å²) in [5, 5.41) is 15.1. The molecular formula is C21H26ClN3O2. The fourth-order valence-electron chi connectivity index (χ4n) is 4.07. The fraction of sp³-hybridized carbons (Fsp3) is 0.476. The molecule has 5 nitrogen and oxygen atoms in total. The monoisotopic (exact) mass is 387 g/mol. The third kappa shape index (κ3) is 5.05. The zero-order chi connectivity index (χ0) is 19.4. The highest BCUT2D eigenvalue weighted by Gasteiger charge is 2.26. The largest absolute Gasteiger partial charge is 0.310 e. The van der Waals surface area contributed by atoms with Gasteiger partial charge in [-0.1, -0.05) is 11.6 Å². The van der Waals surface area contributed by atoms with Gasteiger partial charge in [0, 0.05) is 41.1 Å². The summed E-state index contributed by atoms with van der Waals surface area (Å²) in [5.41, 5.74) is 3.24. The lowest BCUT2D eigenvalue weighted by Crippen LogP contribution is -2.35. The van der Waals surface area contributed by atoms with Gasteiger partial charge in [0.15, 0.2) is 0 Å². The van der Waals surface area contributed by atoms with Crippen LogP contribution in [0.3, 0.4) is 0 Å². The van der Waals surface area contributed by atoms with Crippen molar-refractivity contribution in [2.75, 3.05) is 0 Å². The van der Waals surface area contributed by atoms with Crippen molar-refractivity contribution in [3.63, 3.8) is 0 Å². The molecule has 1 heterocycles. The summed E-state index contributed by atoms with van der Waals surface area (Å²) in [5.74, 6) is 1.21. The van der Waals surface area contributed by atoms with Gasteiger partial charge in [-0.05, 0) is 81.2 Å². The summed E-state index contributed by atoms with van der Waals surface area (Å²) >= 11 is 5.89. The molecule has 1 aromatic heterocycles. The second kappa shape index (κ2) is 8.81. The van der Waals surface area contributed by atoms with Crippen LogP contribution < -0.4 is 5.32 Å². The van der Waals surface area contributed by atoms with Gasteiger partial charge in [-0.3, -0.25) is 15.1 Å². The van der Waals surface area contributed by atoms with Gasteiger partial charge in [0.25, 0.3) is 5.69 Å². The highest BCUT2D eigenvalue weighted by Crippen LogP contribution is 2.37. The first-order valence-corrected chi connectivity index (χ1v) is 9.90. The van der Waals surface area contributed by atoms with E-state index in [1.165, 1.54) is 37.3 Å². The lowest BCUT2D eigenvalue weighted by atomic mass is 9.76. The molecule has 0 radical (unpaired) electrons. The van der Waals surface area contributed by atoms with Gasteiger partial charge in [-0.15, -0.1) is 0 Å². The van der Waals surface area contributed by atoms with E-state index in [0.29, 0.717) is 35.0 Å². The zero-order valence-corrected chi connectivity index (χ0v) is 16.6. The van der Waals surface area contributed by atoms with E-state index in [1.54, 1.807) is 12.1 Å². The number of hydrogen-bond acceptors (Lipinski definition) is 4. The lowest BCUT2D eigenvalue weighted by molar-refractivity contribution is -0.385. The van der Waals surface area contributed by atoms with Gasteiger partial charge < -0.3 is 5.32 Å². The van der Waals surface area contributed by atoms with Gasteiger partial charge in [0.2, 0.25) is 0 Å². The Morgan fingerprint density at radius 3 is 2.67 bits per heavy atom. The molecule has 2 aromatic rings. The fourth-order valence-corrected chi connectivity index (χ4v) is 4.23. The molecule has 0 bridgehead atoms. The van der Waals surface area contributed by atoms with Crippen molar-refractivity contribution in [2.24, 2.45) is 5.92 Å². The first-order valence-electron chi connectivity index (χ1n) is 9.53. The number of nitrogens with zero attached hydrogens (tertiary/aromatic N) is 2. The van der Waals surface area contributed by atoms with Crippen LogP contribution in [0.15, 0.2) is 36.5 Å². The van der Waals surface area contributed by atoms with Crippen molar-refractivity contribution >= 4 is 17.3 Å². The predicted octanol–water partition coefficient (Wildman–Crippen LogP) is 5.40. The molecule has 144 valence electrons. The maximum Gasteiger partial charge on any atom is 0.275 e. The number of aromatic nitrogens is 1. The van der Waals surface area contributed by atoms with E-state index in [2.05, 4.69) is 29.4 Å². The van der Waals surface area contributed by atoms with Crippen molar-refractivity contribution in [3.8, 4) is 0 Å². The van der Waals surface area contributed by atoms with Gasteiger partial charge in [-0.2, -0.15) is 0 Å². The minimum Gasteiger partial charge on any atom is -0.310 e. The number of hydrogen-bond donors (Lipinski definition) is 1. The average molecular weight is 388 g/mol. The molecule has 3 rings (SSSR count). The van der Waals surface area contributed by atoms with Crippen LogP contribution in [0.1, 0.15) is 55.3 Å². The molecule has 0 saturated heterocycles. The molecule has 27 heavy (non-hydrogen) atoms. The Balaban J connectivity index is 1.54. The van der Waals surface area contributed by atoms with Crippen LogP contribution >= 0.6 is 11.6 Å². The van der Waals surface area contributed by atoms with Crippen LogP contribution in [0.25, 0.3) is 0 Å². The molecule has 0 aliphatic heterocycles. The normalized spacial score (nSPS) is 21.0. The maximum atomic E-state index is 11.2. The summed E-state index contributed by atoms with van der Waals surface area (Å²) in [7, 11) is 0. The summed E-state index contributed by atoms with van der Waals surface area (Å²) in [6.45, 7) is 4.71. The van der Waals surface area contributed by atoms with Crippen molar-refractivity contribution in [1.82, 2.24) is 10.3 Å². The average Bonchev–Trinajstić information content (AvgIpc) is 2.66. The van der Waals surface area contributed by atoms with E-state index >= 15 is 0 Å². The number of pyridine rings is 1. The van der Waals surface area contributed by atoms with E-state index in [-0.39, 0.29) is 10.6 Å². The smallest absolute Gasteiger partial charge is 0.275 e. The molecule has 1 aliphatic rings. The van der Waals surface area contributed by atoms with Crippen molar-refractivity contribution < 1.29 is 4.92 Å². The standard InChI is InChI=1S/C21H26ClN3O2/c1-14-11-18(9-10-23-14)17-5-3-16(4-6-17)15(2)24-13-19-7-8-20(22)12-21(19)25(26)27/h7-12,15-17,24H,3-6,13H2,1-2H3/t15-,16?,17?/m1/s1. The quantitative estimate of drug-likeness (QED) is 0.532. The Morgan fingerprint density at radius 2 is 2.00 bits per heavy atom. The van der Waals surface area contributed by atoms with E-state index in [1.807, 2.05) is 13.1 Å². The first-order chi connectivity index (χ1) is 12.9. The number of halogens is 1. The van der Waals surface area contributed by atoms with E-state index in [9.17, 15) is 10.1 Å². The van der Waals surface area contributed by atoms with Crippen LogP contribution in [-0.2, 0) is 6.54 Å². The molecule has 1 fully saturated rings. The van der Waals surface area contributed by atoms with Crippen molar-refractivity contribution in [2.45, 2.75) is 58.0 Å². The van der Waals surface area contributed by atoms with E-state index in [4.69, 9.17) is 11.6 Å². The van der Waals surface area contributed by atoms with Crippen LogP contribution in [0.5, 0.6) is 0 Å². The number of aryl methyl sites for hydroxylation is 1. The number of rotatable bonds is 6.